The van der Waals surface area contributed by atoms with E-state index in [0.29, 0.717) is 0 Å². The Hall–Kier alpha value is -0.570. The normalized spacial score (nSPS) is 14.0. The summed E-state index contributed by atoms with van der Waals surface area (Å²) in [7, 11) is 1.40. The Kier molecular flexibility index (Phi) is 11.8. The summed E-state index contributed by atoms with van der Waals surface area (Å²) >= 11 is 0. The molecule has 0 aliphatic heterocycles. The molecule has 0 aromatic heterocycles. The van der Waals surface area contributed by atoms with Gasteiger partial charge >= 0.3 is 5.97 Å². The highest BCUT2D eigenvalue weighted by Gasteiger charge is 2.28. The average Bonchev–Trinajstić information content (AvgIpc) is 2.43. The molecule has 20 heavy (non-hydrogen) atoms. The van der Waals surface area contributed by atoms with Crippen LogP contribution in [0.3, 0.4) is 0 Å². The summed E-state index contributed by atoms with van der Waals surface area (Å²) < 4.78 is 4.70. The van der Waals surface area contributed by atoms with Gasteiger partial charge in [-0.1, -0.05) is 77.6 Å². The third-order valence-corrected chi connectivity index (χ3v) is 3.95. The van der Waals surface area contributed by atoms with Crippen LogP contribution in [0.1, 0.15) is 90.9 Å². The molecule has 0 aliphatic rings. The van der Waals surface area contributed by atoms with Gasteiger partial charge in [0.15, 0.2) is 0 Å². The van der Waals surface area contributed by atoms with E-state index >= 15 is 0 Å². The SMILES string of the molecule is CCCCCCCCCCCCCC(C)(N)C(=O)OC. The molecule has 0 aliphatic carbocycles. The number of methoxy groups -OCH3 is 1. The first-order chi connectivity index (χ1) is 9.54. The summed E-state index contributed by atoms with van der Waals surface area (Å²) in [5.41, 5.74) is 5.11. The summed E-state index contributed by atoms with van der Waals surface area (Å²) in [6.45, 7) is 4.02. The molecule has 0 aromatic carbocycles. The average molecular weight is 285 g/mol. The van der Waals surface area contributed by atoms with Gasteiger partial charge in [0.05, 0.1) is 7.11 Å². The summed E-state index contributed by atoms with van der Waals surface area (Å²) in [5, 5.41) is 0. The molecule has 120 valence electrons. The molecule has 1 atom stereocenters. The molecule has 0 saturated heterocycles. The monoisotopic (exact) mass is 285 g/mol. The third-order valence-electron chi connectivity index (χ3n) is 3.95. The fraction of sp³-hybridized carbons (Fsp3) is 0.941. The Balaban J connectivity index is 3.30. The zero-order valence-corrected chi connectivity index (χ0v) is 13.9. The van der Waals surface area contributed by atoms with Crippen molar-refractivity contribution in [1.82, 2.24) is 0 Å². The topological polar surface area (TPSA) is 52.3 Å². The lowest BCUT2D eigenvalue weighted by Crippen LogP contribution is -2.45. The predicted molar refractivity (Wildman–Crippen MR) is 85.7 cm³/mol. The van der Waals surface area contributed by atoms with Crippen LogP contribution in [0.5, 0.6) is 0 Å². The predicted octanol–water partition coefficient (Wildman–Crippen LogP) is 4.58. The summed E-state index contributed by atoms with van der Waals surface area (Å²) in [5.74, 6) is -0.301. The smallest absolute Gasteiger partial charge is 0.325 e. The molecule has 0 spiro atoms. The second kappa shape index (κ2) is 12.2. The van der Waals surface area contributed by atoms with Gasteiger partial charge in [-0.05, 0) is 13.3 Å². The molecule has 2 N–H and O–H groups in total. The van der Waals surface area contributed by atoms with Crippen LogP contribution in [-0.2, 0) is 9.53 Å². The fourth-order valence-corrected chi connectivity index (χ4v) is 2.49. The van der Waals surface area contributed by atoms with Gasteiger partial charge in [0.1, 0.15) is 5.54 Å². The number of carbonyl (C=O) groups is 1. The van der Waals surface area contributed by atoms with Crippen molar-refractivity contribution in [2.45, 2.75) is 96.4 Å². The number of unbranched alkanes of at least 4 members (excludes halogenated alkanes) is 10. The Morgan fingerprint density at radius 1 is 0.900 bits per heavy atom. The molecule has 0 rings (SSSR count). The van der Waals surface area contributed by atoms with Gasteiger partial charge < -0.3 is 10.5 Å². The number of esters is 1. The minimum Gasteiger partial charge on any atom is -0.468 e. The van der Waals surface area contributed by atoms with Crippen molar-refractivity contribution in [3.63, 3.8) is 0 Å². The lowest BCUT2D eigenvalue weighted by atomic mass is 9.95. The standard InChI is InChI=1S/C17H35NO2/c1-4-5-6-7-8-9-10-11-12-13-14-15-17(2,18)16(19)20-3/h4-15,18H2,1-3H3. The van der Waals surface area contributed by atoms with Crippen molar-refractivity contribution in [3.8, 4) is 0 Å². The highest BCUT2D eigenvalue weighted by Crippen LogP contribution is 2.16. The second-order valence-corrected chi connectivity index (χ2v) is 6.19. The van der Waals surface area contributed by atoms with E-state index in [0.717, 1.165) is 12.8 Å². The molecule has 0 fully saturated rings. The van der Waals surface area contributed by atoms with Gasteiger partial charge in [0.2, 0.25) is 0 Å². The highest BCUT2D eigenvalue weighted by molar-refractivity contribution is 5.79. The number of hydrogen-bond donors (Lipinski definition) is 1. The van der Waals surface area contributed by atoms with Gasteiger partial charge in [-0.15, -0.1) is 0 Å². The van der Waals surface area contributed by atoms with Crippen molar-refractivity contribution in [3.05, 3.63) is 0 Å². The maximum Gasteiger partial charge on any atom is 0.325 e. The van der Waals surface area contributed by atoms with Crippen molar-refractivity contribution in [2.75, 3.05) is 7.11 Å². The number of rotatable bonds is 13. The maximum absolute atomic E-state index is 11.4. The summed E-state index contributed by atoms with van der Waals surface area (Å²) in [6, 6.07) is 0. The van der Waals surface area contributed by atoms with Crippen LogP contribution in [0.15, 0.2) is 0 Å². The first-order valence-corrected chi connectivity index (χ1v) is 8.42. The number of nitrogens with two attached hydrogens (primary N) is 1. The van der Waals surface area contributed by atoms with Crippen LogP contribution in [0.25, 0.3) is 0 Å². The minimum absolute atomic E-state index is 0.301. The largest absolute Gasteiger partial charge is 0.468 e. The highest BCUT2D eigenvalue weighted by atomic mass is 16.5. The number of hydrogen-bond acceptors (Lipinski definition) is 3. The Bertz CT molecular complexity index is 239. The van der Waals surface area contributed by atoms with Crippen LogP contribution < -0.4 is 5.73 Å². The Morgan fingerprint density at radius 2 is 1.30 bits per heavy atom. The van der Waals surface area contributed by atoms with Crippen molar-refractivity contribution in [1.29, 1.82) is 0 Å². The molecule has 0 bridgehead atoms. The number of carbonyl (C=O) groups excluding carboxylic acids is 1. The van der Waals surface area contributed by atoms with E-state index in [1.165, 1.54) is 71.3 Å². The van der Waals surface area contributed by atoms with E-state index < -0.39 is 5.54 Å². The van der Waals surface area contributed by atoms with Crippen molar-refractivity contribution >= 4 is 5.97 Å². The molecule has 1 unspecified atom stereocenters. The van der Waals surface area contributed by atoms with E-state index in [4.69, 9.17) is 10.5 Å². The fourth-order valence-electron chi connectivity index (χ4n) is 2.49. The van der Waals surface area contributed by atoms with Crippen molar-refractivity contribution < 1.29 is 9.53 Å². The summed E-state index contributed by atoms with van der Waals surface area (Å²) in [6.07, 6.45) is 15.1. The molecule has 0 amide bonds. The van der Waals surface area contributed by atoms with Crippen molar-refractivity contribution in [2.24, 2.45) is 5.73 Å². The molecule has 3 nitrogen and oxygen atoms in total. The molecule has 0 radical (unpaired) electrons. The van der Waals surface area contributed by atoms with Crippen LogP contribution in [0.4, 0.5) is 0 Å². The van der Waals surface area contributed by atoms with Gasteiger partial charge in [-0.2, -0.15) is 0 Å². The zero-order valence-electron chi connectivity index (χ0n) is 13.9. The Morgan fingerprint density at radius 3 is 1.70 bits per heavy atom. The molecular weight excluding hydrogens is 250 g/mol. The lowest BCUT2D eigenvalue weighted by Gasteiger charge is -2.20. The van der Waals surface area contributed by atoms with Crippen LogP contribution in [0.2, 0.25) is 0 Å². The van der Waals surface area contributed by atoms with E-state index in [1.807, 2.05) is 0 Å². The molecule has 0 saturated carbocycles. The van der Waals surface area contributed by atoms with Gasteiger partial charge in [0, 0.05) is 0 Å². The zero-order chi connectivity index (χ0) is 15.3. The maximum atomic E-state index is 11.4. The number of ether oxygens (including phenoxy) is 1. The van der Waals surface area contributed by atoms with Gasteiger partial charge in [0.25, 0.3) is 0 Å². The van der Waals surface area contributed by atoms with Crippen LogP contribution in [-0.4, -0.2) is 18.6 Å². The Labute approximate surface area is 125 Å². The first kappa shape index (κ1) is 19.4. The quantitative estimate of drug-likeness (QED) is 0.398. The molecule has 0 aromatic rings. The molecular formula is C17H35NO2. The third kappa shape index (κ3) is 10.2. The molecule has 3 heteroatoms. The van der Waals surface area contributed by atoms with E-state index in [9.17, 15) is 4.79 Å². The van der Waals surface area contributed by atoms with E-state index in [1.54, 1.807) is 6.92 Å². The summed E-state index contributed by atoms with van der Waals surface area (Å²) in [4.78, 5) is 11.4. The van der Waals surface area contributed by atoms with E-state index in [-0.39, 0.29) is 5.97 Å². The first-order valence-electron chi connectivity index (χ1n) is 8.42. The lowest BCUT2D eigenvalue weighted by molar-refractivity contribution is -0.146. The van der Waals surface area contributed by atoms with Gasteiger partial charge in [-0.25, -0.2) is 0 Å². The van der Waals surface area contributed by atoms with E-state index in [2.05, 4.69) is 6.92 Å². The van der Waals surface area contributed by atoms with Crippen LogP contribution in [0, 0.1) is 0 Å². The minimum atomic E-state index is -0.811. The van der Waals surface area contributed by atoms with Crippen LogP contribution >= 0.6 is 0 Å². The van der Waals surface area contributed by atoms with Gasteiger partial charge in [-0.3, -0.25) is 4.79 Å². The molecule has 0 heterocycles. The second-order valence-electron chi connectivity index (χ2n) is 6.19.